The Morgan fingerprint density at radius 3 is 2.79 bits per heavy atom. The van der Waals surface area contributed by atoms with Gasteiger partial charge in [-0.05, 0) is 47.1 Å². The number of nitrogens with zero attached hydrogens (tertiary/aromatic N) is 3. The van der Waals surface area contributed by atoms with E-state index in [-0.39, 0.29) is 0 Å². The fraction of sp³-hybridized carbons (Fsp3) is 0.733. The van der Waals surface area contributed by atoms with Crippen LogP contribution in [0.25, 0.3) is 0 Å². The zero-order valence-electron chi connectivity index (χ0n) is 12.6. The molecule has 0 bridgehead atoms. The Labute approximate surface area is 116 Å². The minimum atomic E-state index is 0.443. The molecule has 2 rings (SSSR count). The second kappa shape index (κ2) is 6.33. The van der Waals surface area contributed by atoms with E-state index in [1.807, 2.05) is 20.0 Å². The lowest BCUT2D eigenvalue weighted by molar-refractivity contribution is 0.392. The van der Waals surface area contributed by atoms with Crippen LogP contribution in [0, 0.1) is 13.8 Å². The van der Waals surface area contributed by atoms with Crippen LogP contribution in [0.5, 0.6) is 0 Å². The molecule has 1 aromatic heterocycles. The normalized spacial score (nSPS) is 19.7. The Morgan fingerprint density at radius 2 is 2.16 bits per heavy atom. The van der Waals surface area contributed by atoms with Crippen LogP contribution in [0.2, 0.25) is 0 Å². The largest absolute Gasteiger partial charge is 0.351 e. The predicted molar refractivity (Wildman–Crippen MR) is 79.6 cm³/mol. The van der Waals surface area contributed by atoms with E-state index in [0.29, 0.717) is 12.1 Å². The van der Waals surface area contributed by atoms with Crippen LogP contribution in [-0.4, -0.2) is 35.1 Å². The first-order chi connectivity index (χ1) is 9.08. The number of piperidine rings is 1. The van der Waals surface area contributed by atoms with E-state index in [9.17, 15) is 0 Å². The molecule has 4 nitrogen and oxygen atoms in total. The van der Waals surface area contributed by atoms with E-state index in [1.165, 1.54) is 19.3 Å². The number of nitrogens with one attached hydrogen (secondary N) is 1. The van der Waals surface area contributed by atoms with Gasteiger partial charge in [0.2, 0.25) is 0 Å². The molecule has 1 aliphatic rings. The first-order valence-electron chi connectivity index (χ1n) is 7.38. The van der Waals surface area contributed by atoms with Gasteiger partial charge >= 0.3 is 0 Å². The molecule has 0 amide bonds. The van der Waals surface area contributed by atoms with Crippen LogP contribution in [0.3, 0.4) is 0 Å². The molecule has 0 saturated carbocycles. The topological polar surface area (TPSA) is 41.1 Å². The summed E-state index contributed by atoms with van der Waals surface area (Å²) in [6.45, 7) is 10.7. The molecule has 1 saturated heterocycles. The first kappa shape index (κ1) is 14.3. The Kier molecular flexibility index (Phi) is 4.75. The molecule has 1 atom stereocenters. The summed E-state index contributed by atoms with van der Waals surface area (Å²) < 4.78 is 0. The molecule has 4 heteroatoms. The van der Waals surface area contributed by atoms with Crippen molar-refractivity contribution in [3.63, 3.8) is 0 Å². The Bertz CT molecular complexity index is 411. The molecule has 1 aliphatic heterocycles. The summed E-state index contributed by atoms with van der Waals surface area (Å²) in [6, 6.07) is 1.02. The van der Waals surface area contributed by atoms with Crippen molar-refractivity contribution in [2.75, 3.05) is 18.0 Å². The fourth-order valence-electron chi connectivity index (χ4n) is 2.66. The summed E-state index contributed by atoms with van der Waals surface area (Å²) in [5, 5.41) is 3.62. The van der Waals surface area contributed by atoms with Gasteiger partial charge in [0, 0.05) is 24.8 Å². The second-order valence-electron chi connectivity index (χ2n) is 5.81. The molecule has 1 fully saturated rings. The average Bonchev–Trinajstić information content (AvgIpc) is 2.40. The van der Waals surface area contributed by atoms with Crippen LogP contribution in [0.4, 0.5) is 5.82 Å². The predicted octanol–water partition coefficient (Wildman–Crippen LogP) is 2.45. The first-order valence-corrected chi connectivity index (χ1v) is 7.38. The molecular weight excluding hydrogens is 236 g/mol. The van der Waals surface area contributed by atoms with Gasteiger partial charge in [-0.1, -0.05) is 6.42 Å². The molecule has 0 radical (unpaired) electrons. The maximum Gasteiger partial charge on any atom is 0.150 e. The van der Waals surface area contributed by atoms with Gasteiger partial charge in [-0.2, -0.15) is 0 Å². The monoisotopic (exact) mass is 262 g/mol. The molecule has 0 aromatic carbocycles. The van der Waals surface area contributed by atoms with Gasteiger partial charge in [-0.25, -0.2) is 4.98 Å². The summed E-state index contributed by atoms with van der Waals surface area (Å²) in [7, 11) is 0. The number of aromatic nitrogens is 2. The molecule has 2 heterocycles. The highest BCUT2D eigenvalue weighted by atomic mass is 15.2. The van der Waals surface area contributed by atoms with Crippen molar-refractivity contribution < 1.29 is 0 Å². The van der Waals surface area contributed by atoms with E-state index in [1.54, 1.807) is 0 Å². The minimum Gasteiger partial charge on any atom is -0.351 e. The van der Waals surface area contributed by atoms with E-state index < -0.39 is 0 Å². The van der Waals surface area contributed by atoms with Crippen LogP contribution in [0.15, 0.2) is 6.20 Å². The quantitative estimate of drug-likeness (QED) is 0.905. The Balaban J connectivity index is 2.16. The fourth-order valence-corrected chi connectivity index (χ4v) is 2.66. The average molecular weight is 262 g/mol. The van der Waals surface area contributed by atoms with Crippen LogP contribution < -0.4 is 10.2 Å². The molecular formula is C15H26N4. The molecule has 1 aromatic rings. The van der Waals surface area contributed by atoms with Crippen molar-refractivity contribution in [3.8, 4) is 0 Å². The van der Waals surface area contributed by atoms with E-state index >= 15 is 0 Å². The third-order valence-electron chi connectivity index (χ3n) is 3.78. The number of rotatable bonds is 4. The van der Waals surface area contributed by atoms with Gasteiger partial charge in [0.1, 0.15) is 0 Å². The summed E-state index contributed by atoms with van der Waals surface area (Å²) in [4.78, 5) is 11.5. The van der Waals surface area contributed by atoms with Crippen molar-refractivity contribution >= 4 is 5.82 Å². The third-order valence-corrected chi connectivity index (χ3v) is 3.78. The highest BCUT2D eigenvalue weighted by Gasteiger charge is 2.21. The molecule has 1 unspecified atom stereocenters. The van der Waals surface area contributed by atoms with Gasteiger partial charge in [-0.3, -0.25) is 4.98 Å². The number of anilines is 1. The lowest BCUT2D eigenvalue weighted by atomic mass is 10.0. The molecule has 0 spiro atoms. The van der Waals surface area contributed by atoms with Gasteiger partial charge in [0.15, 0.2) is 5.82 Å². The third kappa shape index (κ3) is 3.66. The summed E-state index contributed by atoms with van der Waals surface area (Å²) in [5.74, 6) is 1.04. The van der Waals surface area contributed by atoms with Crippen molar-refractivity contribution in [3.05, 3.63) is 17.6 Å². The minimum absolute atomic E-state index is 0.443. The van der Waals surface area contributed by atoms with Crippen molar-refractivity contribution in [1.29, 1.82) is 0 Å². The van der Waals surface area contributed by atoms with Gasteiger partial charge in [0.05, 0.1) is 11.4 Å². The standard InChI is InChI=1S/C15H26N4/c1-11(2)19(10-14-7-5-6-8-16-14)15-13(4)17-9-12(3)18-15/h9,11,14,16H,5-8,10H2,1-4H3. The van der Waals surface area contributed by atoms with E-state index in [4.69, 9.17) is 4.98 Å². The second-order valence-corrected chi connectivity index (χ2v) is 5.81. The van der Waals surface area contributed by atoms with Crippen molar-refractivity contribution in [1.82, 2.24) is 15.3 Å². The van der Waals surface area contributed by atoms with Crippen molar-refractivity contribution in [2.24, 2.45) is 0 Å². The summed E-state index contributed by atoms with van der Waals surface area (Å²) >= 11 is 0. The zero-order chi connectivity index (χ0) is 13.8. The number of hydrogen-bond acceptors (Lipinski definition) is 4. The maximum absolute atomic E-state index is 4.70. The SMILES string of the molecule is Cc1cnc(C)c(N(CC2CCCCN2)C(C)C)n1. The lowest BCUT2D eigenvalue weighted by Gasteiger charge is -2.34. The van der Waals surface area contributed by atoms with Gasteiger partial charge < -0.3 is 10.2 Å². The molecule has 106 valence electrons. The van der Waals surface area contributed by atoms with Crippen LogP contribution in [0.1, 0.15) is 44.5 Å². The zero-order valence-corrected chi connectivity index (χ0v) is 12.6. The number of hydrogen-bond donors (Lipinski definition) is 1. The molecule has 0 aliphatic carbocycles. The van der Waals surface area contributed by atoms with E-state index in [2.05, 4.69) is 29.0 Å². The highest BCUT2D eigenvalue weighted by molar-refractivity contribution is 5.44. The maximum atomic E-state index is 4.70. The summed E-state index contributed by atoms with van der Waals surface area (Å²) in [6.07, 6.45) is 5.75. The Hall–Kier alpha value is -1.16. The van der Waals surface area contributed by atoms with Crippen molar-refractivity contribution in [2.45, 2.75) is 59.0 Å². The van der Waals surface area contributed by atoms with Gasteiger partial charge in [0.25, 0.3) is 0 Å². The highest BCUT2D eigenvalue weighted by Crippen LogP contribution is 2.20. The smallest absolute Gasteiger partial charge is 0.150 e. The lowest BCUT2D eigenvalue weighted by Crippen LogP contribution is -2.46. The van der Waals surface area contributed by atoms with Gasteiger partial charge in [-0.15, -0.1) is 0 Å². The Morgan fingerprint density at radius 1 is 1.37 bits per heavy atom. The van der Waals surface area contributed by atoms with Crippen LogP contribution >= 0.6 is 0 Å². The summed E-state index contributed by atoms with van der Waals surface area (Å²) in [5.41, 5.74) is 2.01. The van der Waals surface area contributed by atoms with Crippen LogP contribution in [-0.2, 0) is 0 Å². The van der Waals surface area contributed by atoms with E-state index in [0.717, 1.165) is 30.3 Å². The molecule has 1 N–H and O–H groups in total. The molecule has 19 heavy (non-hydrogen) atoms. The number of aryl methyl sites for hydroxylation is 2.